The fraction of sp³-hybridized carbons (Fsp3) is 0.471. The number of allylic oxidation sites excluding steroid dienone is 2. The molecule has 0 saturated heterocycles. The molecule has 21 heavy (non-hydrogen) atoms. The van der Waals surface area contributed by atoms with Crippen LogP contribution in [0.25, 0.3) is 0 Å². The Labute approximate surface area is 126 Å². The highest BCUT2D eigenvalue weighted by Crippen LogP contribution is 2.38. The molecular formula is C17H24O4. The number of benzene rings is 1. The van der Waals surface area contributed by atoms with Crippen molar-refractivity contribution in [1.29, 1.82) is 0 Å². The third kappa shape index (κ3) is 5.14. The Balaban J connectivity index is 2.73. The highest BCUT2D eigenvalue weighted by atomic mass is 16.5. The van der Waals surface area contributed by atoms with Crippen molar-refractivity contribution in [3.63, 3.8) is 0 Å². The highest BCUT2D eigenvalue weighted by molar-refractivity contribution is 5.89. The minimum Gasteiger partial charge on any atom is -0.493 e. The number of carbonyl (C=O) groups is 1. The van der Waals surface area contributed by atoms with Crippen molar-refractivity contribution in [1.82, 2.24) is 0 Å². The monoisotopic (exact) mass is 292 g/mol. The van der Waals surface area contributed by atoms with E-state index in [0.717, 1.165) is 24.8 Å². The number of ketones is 1. The lowest BCUT2D eigenvalue weighted by Gasteiger charge is -2.13. The van der Waals surface area contributed by atoms with Gasteiger partial charge in [-0.3, -0.25) is 4.79 Å². The summed E-state index contributed by atoms with van der Waals surface area (Å²) < 4.78 is 15.9. The molecule has 4 heteroatoms. The van der Waals surface area contributed by atoms with Crippen molar-refractivity contribution in [3.8, 4) is 17.2 Å². The van der Waals surface area contributed by atoms with Gasteiger partial charge in [0.15, 0.2) is 17.3 Å². The van der Waals surface area contributed by atoms with Gasteiger partial charge in [0.25, 0.3) is 0 Å². The summed E-state index contributed by atoms with van der Waals surface area (Å²) in [6.45, 7) is 2.00. The van der Waals surface area contributed by atoms with E-state index in [0.29, 0.717) is 23.7 Å². The van der Waals surface area contributed by atoms with Crippen molar-refractivity contribution >= 4 is 5.78 Å². The minimum absolute atomic E-state index is 0.183. The zero-order chi connectivity index (χ0) is 15.7. The summed E-state index contributed by atoms with van der Waals surface area (Å²) in [6.07, 6.45) is 6.69. The molecule has 0 fully saturated rings. The predicted molar refractivity (Wildman–Crippen MR) is 83.5 cm³/mol. The van der Waals surface area contributed by atoms with E-state index in [1.165, 1.54) is 0 Å². The number of hydrogen-bond donors (Lipinski definition) is 0. The van der Waals surface area contributed by atoms with Crippen LogP contribution in [0.4, 0.5) is 0 Å². The number of carbonyl (C=O) groups excluding carboxylic acids is 1. The zero-order valence-corrected chi connectivity index (χ0v) is 13.3. The molecule has 0 radical (unpaired) electrons. The van der Waals surface area contributed by atoms with E-state index in [4.69, 9.17) is 14.2 Å². The average Bonchev–Trinajstić information content (AvgIpc) is 2.50. The second-order valence-corrected chi connectivity index (χ2v) is 4.69. The van der Waals surface area contributed by atoms with Gasteiger partial charge in [-0.25, -0.2) is 0 Å². The van der Waals surface area contributed by atoms with Crippen LogP contribution in [0, 0.1) is 0 Å². The maximum atomic E-state index is 11.4. The van der Waals surface area contributed by atoms with Crippen molar-refractivity contribution < 1.29 is 19.0 Å². The average molecular weight is 292 g/mol. The molecule has 0 amide bonds. The third-order valence-corrected chi connectivity index (χ3v) is 3.12. The molecule has 0 aliphatic heterocycles. The van der Waals surface area contributed by atoms with Crippen LogP contribution in [-0.2, 0) is 11.2 Å². The van der Waals surface area contributed by atoms with Crippen LogP contribution >= 0.6 is 0 Å². The first-order valence-electron chi connectivity index (χ1n) is 7.14. The van der Waals surface area contributed by atoms with E-state index in [1.807, 2.05) is 25.1 Å². The fourth-order valence-electron chi connectivity index (χ4n) is 2.07. The summed E-state index contributed by atoms with van der Waals surface area (Å²) in [5.74, 6) is 2.08. The van der Waals surface area contributed by atoms with Crippen LogP contribution in [0.2, 0.25) is 0 Å². The Morgan fingerprint density at radius 3 is 2.19 bits per heavy atom. The summed E-state index contributed by atoms with van der Waals surface area (Å²) >= 11 is 0. The van der Waals surface area contributed by atoms with Crippen LogP contribution in [0.1, 0.15) is 31.7 Å². The molecule has 0 aliphatic rings. The summed E-state index contributed by atoms with van der Waals surface area (Å²) in [4.78, 5) is 11.4. The third-order valence-electron chi connectivity index (χ3n) is 3.12. The first-order chi connectivity index (χ1) is 10.2. The highest BCUT2D eigenvalue weighted by Gasteiger charge is 2.12. The first kappa shape index (κ1) is 17.1. The predicted octanol–water partition coefficient (Wildman–Crippen LogP) is 3.57. The largest absolute Gasteiger partial charge is 0.493 e. The van der Waals surface area contributed by atoms with Gasteiger partial charge in [0.1, 0.15) is 0 Å². The standard InChI is InChI=1S/C17H24O4/c1-5-8-14(18)10-7-6-9-13-11-15(19-2)17(21-4)16(12-13)20-3/h7,10-12H,5-6,8-9H2,1-4H3. The van der Waals surface area contributed by atoms with Gasteiger partial charge in [-0.1, -0.05) is 13.0 Å². The van der Waals surface area contributed by atoms with E-state index < -0.39 is 0 Å². The minimum atomic E-state index is 0.183. The molecule has 0 heterocycles. The van der Waals surface area contributed by atoms with Crippen LogP contribution in [0.3, 0.4) is 0 Å². The van der Waals surface area contributed by atoms with E-state index in [-0.39, 0.29) is 5.78 Å². The lowest BCUT2D eigenvalue weighted by atomic mass is 10.1. The van der Waals surface area contributed by atoms with Crippen LogP contribution in [-0.4, -0.2) is 27.1 Å². The van der Waals surface area contributed by atoms with Gasteiger partial charge < -0.3 is 14.2 Å². The zero-order valence-electron chi connectivity index (χ0n) is 13.3. The Bertz CT molecular complexity index is 467. The molecule has 116 valence electrons. The van der Waals surface area contributed by atoms with Crippen LogP contribution in [0.15, 0.2) is 24.3 Å². The molecule has 0 N–H and O–H groups in total. The maximum Gasteiger partial charge on any atom is 0.203 e. The van der Waals surface area contributed by atoms with Gasteiger partial charge in [0.05, 0.1) is 21.3 Å². The van der Waals surface area contributed by atoms with Gasteiger partial charge in [-0.15, -0.1) is 0 Å². The number of rotatable bonds is 9. The molecule has 0 saturated carbocycles. The summed E-state index contributed by atoms with van der Waals surface area (Å²) in [5, 5.41) is 0. The van der Waals surface area contributed by atoms with Crippen LogP contribution in [0.5, 0.6) is 17.2 Å². The molecule has 0 atom stereocenters. The summed E-state index contributed by atoms with van der Waals surface area (Å²) in [5.41, 5.74) is 1.08. The number of hydrogen-bond acceptors (Lipinski definition) is 4. The maximum absolute atomic E-state index is 11.4. The van der Waals surface area contributed by atoms with E-state index >= 15 is 0 Å². The summed E-state index contributed by atoms with van der Waals surface area (Å²) in [6, 6.07) is 3.87. The molecule has 0 spiro atoms. The van der Waals surface area contributed by atoms with Crippen molar-refractivity contribution in [2.45, 2.75) is 32.6 Å². The SMILES string of the molecule is CCCC(=O)C=CCCc1cc(OC)c(OC)c(OC)c1. The normalized spacial score (nSPS) is 10.7. The second-order valence-electron chi connectivity index (χ2n) is 4.69. The van der Waals surface area contributed by atoms with Gasteiger partial charge in [-0.05, 0) is 43.0 Å². The number of ether oxygens (including phenoxy) is 3. The first-order valence-corrected chi connectivity index (χ1v) is 7.14. The van der Waals surface area contributed by atoms with Crippen molar-refractivity contribution in [2.75, 3.05) is 21.3 Å². The van der Waals surface area contributed by atoms with E-state index in [9.17, 15) is 4.79 Å². The smallest absolute Gasteiger partial charge is 0.203 e. The molecule has 1 aromatic carbocycles. The van der Waals surface area contributed by atoms with Crippen molar-refractivity contribution in [3.05, 3.63) is 29.8 Å². The Morgan fingerprint density at radius 2 is 1.71 bits per heavy atom. The topological polar surface area (TPSA) is 44.8 Å². The Kier molecular flexibility index (Phi) is 7.37. The van der Waals surface area contributed by atoms with Crippen LogP contribution < -0.4 is 14.2 Å². The van der Waals surface area contributed by atoms with E-state index in [1.54, 1.807) is 27.4 Å². The fourth-order valence-corrected chi connectivity index (χ4v) is 2.07. The molecular weight excluding hydrogens is 268 g/mol. The molecule has 0 aromatic heterocycles. The molecule has 1 rings (SSSR count). The quantitative estimate of drug-likeness (QED) is 0.653. The second kappa shape index (κ2) is 9.06. The molecule has 4 nitrogen and oxygen atoms in total. The Morgan fingerprint density at radius 1 is 1.10 bits per heavy atom. The molecule has 0 aliphatic carbocycles. The molecule has 1 aromatic rings. The van der Waals surface area contributed by atoms with E-state index in [2.05, 4.69) is 0 Å². The van der Waals surface area contributed by atoms with Gasteiger partial charge in [0, 0.05) is 6.42 Å². The van der Waals surface area contributed by atoms with Gasteiger partial charge >= 0.3 is 0 Å². The molecule has 0 unspecified atom stereocenters. The number of aryl methyl sites for hydroxylation is 1. The molecule has 0 bridgehead atoms. The Hall–Kier alpha value is -1.97. The van der Waals surface area contributed by atoms with Gasteiger partial charge in [-0.2, -0.15) is 0 Å². The summed E-state index contributed by atoms with van der Waals surface area (Å²) in [7, 11) is 4.79. The van der Waals surface area contributed by atoms with Gasteiger partial charge in [0.2, 0.25) is 5.75 Å². The lowest BCUT2D eigenvalue weighted by Crippen LogP contribution is -1.97. The number of methoxy groups -OCH3 is 3. The lowest BCUT2D eigenvalue weighted by molar-refractivity contribution is -0.114. The van der Waals surface area contributed by atoms with Crippen molar-refractivity contribution in [2.24, 2.45) is 0 Å².